The van der Waals surface area contributed by atoms with E-state index in [9.17, 15) is 22.8 Å². The topological polar surface area (TPSA) is 71.1 Å². The molecule has 0 aliphatic rings. The van der Waals surface area contributed by atoms with Crippen molar-refractivity contribution in [2.45, 2.75) is 19.1 Å². The molecule has 0 spiro atoms. The van der Waals surface area contributed by atoms with Crippen LogP contribution in [-0.2, 0) is 15.8 Å². The Morgan fingerprint density at radius 2 is 1.89 bits per heavy atom. The summed E-state index contributed by atoms with van der Waals surface area (Å²) < 4.78 is 37.0. The van der Waals surface area contributed by atoms with E-state index in [1.807, 2.05) is 0 Å². The normalized spacial score (nSPS) is 12.7. The molecule has 2 N–H and O–H groups in total. The van der Waals surface area contributed by atoms with Crippen molar-refractivity contribution in [2.75, 3.05) is 7.05 Å². The number of hydrogen-bond donors (Lipinski definition) is 2. The summed E-state index contributed by atoms with van der Waals surface area (Å²) in [6.07, 6.45) is -3.78. The van der Waals surface area contributed by atoms with Crippen LogP contribution >= 0.6 is 0 Å². The number of carbonyl (C=O) groups is 2. The SMILES string of the molecule is CNC(=O)C(=O)N[C@@H](C)c1ccc(C(F)(F)F)cn1. The fraction of sp³-hybridized carbons (Fsp3) is 0.364. The van der Waals surface area contributed by atoms with E-state index in [4.69, 9.17) is 0 Å². The molecule has 19 heavy (non-hydrogen) atoms. The summed E-state index contributed by atoms with van der Waals surface area (Å²) in [7, 11) is 1.29. The zero-order chi connectivity index (χ0) is 14.6. The van der Waals surface area contributed by atoms with Crippen LogP contribution in [0.25, 0.3) is 0 Å². The molecule has 0 radical (unpaired) electrons. The molecule has 0 saturated heterocycles. The first-order chi connectivity index (χ1) is 8.75. The standard InChI is InChI=1S/C11H12F3N3O2/c1-6(17-10(19)9(18)15-2)8-4-3-7(5-16-8)11(12,13)14/h3-6H,1-2H3,(H,15,18)(H,17,19)/t6-/m0/s1. The van der Waals surface area contributed by atoms with Crippen LogP contribution in [0.4, 0.5) is 13.2 Å². The molecule has 0 aliphatic carbocycles. The number of amides is 2. The summed E-state index contributed by atoms with van der Waals surface area (Å²) in [6, 6.07) is 1.34. The number of rotatable bonds is 2. The average Bonchev–Trinajstić information content (AvgIpc) is 2.36. The second kappa shape index (κ2) is 5.68. The van der Waals surface area contributed by atoms with Gasteiger partial charge in [-0.2, -0.15) is 13.2 Å². The molecule has 1 atom stereocenters. The van der Waals surface area contributed by atoms with E-state index in [2.05, 4.69) is 15.6 Å². The predicted octanol–water partition coefficient (Wildman–Crippen LogP) is 1.02. The molecular formula is C11H12F3N3O2. The first-order valence-electron chi connectivity index (χ1n) is 5.31. The van der Waals surface area contributed by atoms with E-state index < -0.39 is 29.6 Å². The van der Waals surface area contributed by atoms with Crippen LogP contribution in [0.1, 0.15) is 24.2 Å². The zero-order valence-corrected chi connectivity index (χ0v) is 10.2. The van der Waals surface area contributed by atoms with Crippen molar-refractivity contribution in [1.29, 1.82) is 0 Å². The average molecular weight is 275 g/mol. The highest BCUT2D eigenvalue weighted by Crippen LogP contribution is 2.28. The minimum Gasteiger partial charge on any atom is -0.351 e. The van der Waals surface area contributed by atoms with Crippen molar-refractivity contribution < 1.29 is 22.8 Å². The lowest BCUT2D eigenvalue weighted by Crippen LogP contribution is -2.39. The Kier molecular flexibility index (Phi) is 4.47. The maximum Gasteiger partial charge on any atom is 0.417 e. The van der Waals surface area contributed by atoms with E-state index in [0.717, 1.165) is 12.1 Å². The number of nitrogens with zero attached hydrogens (tertiary/aromatic N) is 1. The molecule has 0 bridgehead atoms. The molecule has 0 saturated carbocycles. The molecule has 0 unspecified atom stereocenters. The molecule has 1 aromatic heterocycles. The fourth-order valence-electron chi connectivity index (χ4n) is 1.28. The molecule has 104 valence electrons. The second-order valence-corrected chi connectivity index (χ2v) is 3.74. The van der Waals surface area contributed by atoms with Gasteiger partial charge in [0.2, 0.25) is 0 Å². The van der Waals surface area contributed by atoms with Gasteiger partial charge in [0.25, 0.3) is 0 Å². The summed E-state index contributed by atoms with van der Waals surface area (Å²) in [4.78, 5) is 25.8. The molecule has 1 rings (SSSR count). The van der Waals surface area contributed by atoms with Gasteiger partial charge in [0.1, 0.15) is 0 Å². The Hall–Kier alpha value is -2.12. The number of nitrogens with one attached hydrogen (secondary N) is 2. The summed E-state index contributed by atoms with van der Waals surface area (Å²) in [6.45, 7) is 1.51. The van der Waals surface area contributed by atoms with Crippen molar-refractivity contribution in [3.05, 3.63) is 29.6 Å². The summed E-state index contributed by atoms with van der Waals surface area (Å²) in [5.74, 6) is -1.71. The van der Waals surface area contributed by atoms with Crippen LogP contribution in [0.2, 0.25) is 0 Å². The lowest BCUT2D eigenvalue weighted by Gasteiger charge is -2.13. The Balaban J connectivity index is 2.76. The number of alkyl halides is 3. The minimum absolute atomic E-state index is 0.227. The monoisotopic (exact) mass is 275 g/mol. The van der Waals surface area contributed by atoms with Crippen LogP contribution < -0.4 is 10.6 Å². The molecule has 5 nitrogen and oxygen atoms in total. The number of halogens is 3. The van der Waals surface area contributed by atoms with Crippen molar-refractivity contribution in [3.63, 3.8) is 0 Å². The second-order valence-electron chi connectivity index (χ2n) is 3.74. The van der Waals surface area contributed by atoms with Gasteiger partial charge in [-0.3, -0.25) is 14.6 Å². The van der Waals surface area contributed by atoms with Gasteiger partial charge in [-0.1, -0.05) is 0 Å². The molecule has 0 aliphatic heterocycles. The van der Waals surface area contributed by atoms with Crippen molar-refractivity contribution in [2.24, 2.45) is 0 Å². The Labute approximate surface area is 107 Å². The van der Waals surface area contributed by atoms with Gasteiger partial charge in [-0.15, -0.1) is 0 Å². The quantitative estimate of drug-likeness (QED) is 0.792. The molecular weight excluding hydrogens is 263 g/mol. The van der Waals surface area contributed by atoms with Crippen molar-refractivity contribution in [3.8, 4) is 0 Å². The molecule has 8 heteroatoms. The Bertz CT molecular complexity index is 471. The molecule has 1 heterocycles. The third-order valence-electron chi connectivity index (χ3n) is 2.34. The number of aromatic nitrogens is 1. The van der Waals surface area contributed by atoms with E-state index in [0.29, 0.717) is 6.20 Å². The third-order valence-corrected chi connectivity index (χ3v) is 2.34. The molecule has 1 aromatic rings. The smallest absolute Gasteiger partial charge is 0.351 e. The van der Waals surface area contributed by atoms with Gasteiger partial charge in [-0.25, -0.2) is 0 Å². The Morgan fingerprint density at radius 1 is 1.26 bits per heavy atom. The van der Waals surface area contributed by atoms with Crippen LogP contribution in [0.5, 0.6) is 0 Å². The predicted molar refractivity (Wildman–Crippen MR) is 59.9 cm³/mol. The number of hydrogen-bond acceptors (Lipinski definition) is 3. The number of pyridine rings is 1. The van der Waals surface area contributed by atoms with Crippen LogP contribution in [0.3, 0.4) is 0 Å². The lowest BCUT2D eigenvalue weighted by molar-refractivity contribution is -0.139. The first kappa shape index (κ1) is 14.9. The maximum atomic E-state index is 12.3. The van der Waals surface area contributed by atoms with Gasteiger partial charge in [0.15, 0.2) is 0 Å². The van der Waals surface area contributed by atoms with E-state index in [-0.39, 0.29) is 5.69 Å². The lowest BCUT2D eigenvalue weighted by atomic mass is 10.2. The number of carbonyl (C=O) groups excluding carboxylic acids is 2. The summed E-state index contributed by atoms with van der Waals surface area (Å²) in [5.41, 5.74) is -0.647. The van der Waals surface area contributed by atoms with Crippen LogP contribution in [-0.4, -0.2) is 23.8 Å². The highest BCUT2D eigenvalue weighted by atomic mass is 19.4. The minimum atomic E-state index is -4.46. The third kappa shape index (κ3) is 3.94. The molecule has 0 aromatic carbocycles. The summed E-state index contributed by atoms with van der Waals surface area (Å²) in [5, 5.41) is 4.44. The maximum absolute atomic E-state index is 12.3. The largest absolute Gasteiger partial charge is 0.417 e. The zero-order valence-electron chi connectivity index (χ0n) is 10.2. The summed E-state index contributed by atoms with van der Waals surface area (Å²) >= 11 is 0. The first-order valence-corrected chi connectivity index (χ1v) is 5.31. The Morgan fingerprint density at radius 3 is 2.32 bits per heavy atom. The van der Waals surface area contributed by atoms with Gasteiger partial charge < -0.3 is 10.6 Å². The van der Waals surface area contributed by atoms with E-state index >= 15 is 0 Å². The van der Waals surface area contributed by atoms with Crippen molar-refractivity contribution >= 4 is 11.8 Å². The molecule has 2 amide bonds. The van der Waals surface area contributed by atoms with Gasteiger partial charge in [0.05, 0.1) is 17.3 Å². The van der Waals surface area contributed by atoms with E-state index in [1.165, 1.54) is 14.0 Å². The van der Waals surface area contributed by atoms with E-state index in [1.54, 1.807) is 0 Å². The molecule has 0 fully saturated rings. The highest BCUT2D eigenvalue weighted by molar-refractivity contribution is 6.35. The van der Waals surface area contributed by atoms with Gasteiger partial charge >= 0.3 is 18.0 Å². The van der Waals surface area contributed by atoms with Crippen LogP contribution in [0.15, 0.2) is 18.3 Å². The number of likely N-dealkylation sites (N-methyl/N-ethyl adjacent to an activating group) is 1. The highest BCUT2D eigenvalue weighted by Gasteiger charge is 2.30. The van der Waals surface area contributed by atoms with Crippen molar-refractivity contribution in [1.82, 2.24) is 15.6 Å². The fourth-order valence-corrected chi connectivity index (χ4v) is 1.28. The van der Waals surface area contributed by atoms with Gasteiger partial charge in [0, 0.05) is 13.2 Å². The van der Waals surface area contributed by atoms with Gasteiger partial charge in [-0.05, 0) is 19.1 Å². The van der Waals surface area contributed by atoms with Crippen LogP contribution in [0, 0.1) is 0 Å².